The molecule has 0 bridgehead atoms. The summed E-state index contributed by atoms with van der Waals surface area (Å²) in [6.45, 7) is 13.0. The SMILES string of the molecule is C#Cc1ccccc1C(C(=O)NCCCC)N(C(=O)C(CO)NC(=O)OC(C)(C)C)C(C)CCC(C)C. The van der Waals surface area contributed by atoms with Crippen LogP contribution in [0.1, 0.15) is 91.3 Å². The predicted octanol–water partition coefficient (Wildman–Crippen LogP) is 4.16. The Kier molecular flexibility index (Phi) is 13.2. The predicted molar refractivity (Wildman–Crippen MR) is 146 cm³/mol. The molecule has 0 aliphatic rings. The summed E-state index contributed by atoms with van der Waals surface area (Å²) in [6, 6.07) is 4.27. The molecule has 0 heterocycles. The molecule has 0 saturated heterocycles. The molecule has 1 aromatic carbocycles. The summed E-state index contributed by atoms with van der Waals surface area (Å²) in [6.07, 6.45) is 8.05. The first-order chi connectivity index (χ1) is 17.4. The highest BCUT2D eigenvalue weighted by atomic mass is 16.6. The highest BCUT2D eigenvalue weighted by molar-refractivity contribution is 5.92. The average Bonchev–Trinajstić information content (AvgIpc) is 2.82. The highest BCUT2D eigenvalue weighted by Crippen LogP contribution is 2.29. The zero-order valence-corrected chi connectivity index (χ0v) is 23.5. The number of aliphatic hydroxyl groups excluding tert-OH is 1. The third-order valence-electron chi connectivity index (χ3n) is 5.83. The molecule has 3 amide bonds. The van der Waals surface area contributed by atoms with Gasteiger partial charge in [0.2, 0.25) is 11.8 Å². The van der Waals surface area contributed by atoms with E-state index in [1.54, 1.807) is 45.0 Å². The van der Waals surface area contributed by atoms with Crippen LogP contribution in [-0.4, -0.2) is 58.8 Å². The van der Waals surface area contributed by atoms with Gasteiger partial charge in [-0.3, -0.25) is 9.59 Å². The number of ether oxygens (including phenoxy) is 1. The Balaban J connectivity index is 3.57. The number of unbranched alkanes of at least 4 members (excludes halogenated alkanes) is 1. The molecule has 0 aromatic heterocycles. The van der Waals surface area contributed by atoms with Crippen LogP contribution < -0.4 is 10.6 Å². The van der Waals surface area contributed by atoms with E-state index in [-0.39, 0.29) is 5.91 Å². The van der Waals surface area contributed by atoms with Gasteiger partial charge in [-0.15, -0.1) is 6.42 Å². The maximum atomic E-state index is 14.0. The molecule has 8 nitrogen and oxygen atoms in total. The van der Waals surface area contributed by atoms with Crippen molar-refractivity contribution in [3.63, 3.8) is 0 Å². The van der Waals surface area contributed by atoms with Gasteiger partial charge in [-0.05, 0) is 64.5 Å². The summed E-state index contributed by atoms with van der Waals surface area (Å²) < 4.78 is 5.30. The van der Waals surface area contributed by atoms with Gasteiger partial charge < -0.3 is 25.4 Å². The van der Waals surface area contributed by atoms with Crippen molar-refractivity contribution < 1.29 is 24.2 Å². The Morgan fingerprint density at radius 2 is 1.78 bits per heavy atom. The van der Waals surface area contributed by atoms with Gasteiger partial charge in [0.25, 0.3) is 0 Å². The molecule has 0 spiro atoms. The van der Waals surface area contributed by atoms with E-state index in [4.69, 9.17) is 11.2 Å². The third kappa shape index (κ3) is 10.5. The summed E-state index contributed by atoms with van der Waals surface area (Å²) in [7, 11) is 0. The van der Waals surface area contributed by atoms with Crippen LogP contribution in [0.2, 0.25) is 0 Å². The monoisotopic (exact) mass is 515 g/mol. The van der Waals surface area contributed by atoms with Gasteiger partial charge in [0, 0.05) is 18.2 Å². The number of carbonyl (C=O) groups excluding carboxylic acids is 3. The molecule has 0 aliphatic carbocycles. The standard InChI is InChI=1S/C29H45N3O5/c1-9-11-18-30-26(34)25(23-15-13-12-14-22(23)10-2)32(21(5)17-16-20(3)4)27(35)24(19-33)31-28(36)37-29(6,7)8/h2,12-15,20-21,24-25,33H,9,11,16-19H2,1,3-8H3,(H,30,34)(H,31,36). The molecule has 3 atom stereocenters. The molecule has 1 aromatic rings. The number of carbonyl (C=O) groups is 3. The van der Waals surface area contributed by atoms with E-state index in [0.717, 1.165) is 19.3 Å². The Hall–Kier alpha value is -3.05. The van der Waals surface area contributed by atoms with Crippen LogP contribution in [-0.2, 0) is 14.3 Å². The van der Waals surface area contributed by atoms with Crippen molar-refractivity contribution in [2.45, 2.75) is 97.9 Å². The number of benzene rings is 1. The number of nitrogens with one attached hydrogen (secondary N) is 2. The summed E-state index contributed by atoms with van der Waals surface area (Å²) in [5.74, 6) is 2.05. The van der Waals surface area contributed by atoms with Gasteiger partial charge in [0.15, 0.2) is 0 Å². The van der Waals surface area contributed by atoms with E-state index in [1.165, 1.54) is 4.90 Å². The fraction of sp³-hybridized carbons (Fsp3) is 0.621. The van der Waals surface area contributed by atoms with E-state index in [9.17, 15) is 19.5 Å². The topological polar surface area (TPSA) is 108 Å². The lowest BCUT2D eigenvalue weighted by Gasteiger charge is -2.38. The Bertz CT molecular complexity index is 932. The van der Waals surface area contributed by atoms with Crippen LogP contribution in [0, 0.1) is 18.3 Å². The normalized spacial score (nSPS) is 13.7. The van der Waals surface area contributed by atoms with Crippen molar-refractivity contribution in [2.24, 2.45) is 5.92 Å². The Morgan fingerprint density at radius 1 is 1.14 bits per heavy atom. The van der Waals surface area contributed by atoms with E-state index in [1.807, 2.05) is 13.8 Å². The van der Waals surface area contributed by atoms with E-state index in [2.05, 4.69) is 30.4 Å². The van der Waals surface area contributed by atoms with Crippen LogP contribution in [0.3, 0.4) is 0 Å². The lowest BCUT2D eigenvalue weighted by Crippen LogP contribution is -2.56. The number of rotatable bonds is 13. The minimum absolute atomic E-state index is 0.366. The van der Waals surface area contributed by atoms with Crippen molar-refractivity contribution in [2.75, 3.05) is 13.2 Å². The Morgan fingerprint density at radius 3 is 2.32 bits per heavy atom. The molecule has 37 heavy (non-hydrogen) atoms. The highest BCUT2D eigenvalue weighted by Gasteiger charge is 2.39. The van der Waals surface area contributed by atoms with Crippen molar-refractivity contribution in [1.82, 2.24) is 15.5 Å². The van der Waals surface area contributed by atoms with Crippen LogP contribution in [0.4, 0.5) is 4.79 Å². The molecular weight excluding hydrogens is 470 g/mol. The van der Waals surface area contributed by atoms with Crippen LogP contribution in [0.15, 0.2) is 24.3 Å². The van der Waals surface area contributed by atoms with Gasteiger partial charge in [-0.2, -0.15) is 0 Å². The molecule has 3 N–H and O–H groups in total. The lowest BCUT2D eigenvalue weighted by molar-refractivity contribution is -0.146. The quantitative estimate of drug-likeness (QED) is 0.270. The first-order valence-corrected chi connectivity index (χ1v) is 13.1. The van der Waals surface area contributed by atoms with Crippen LogP contribution >= 0.6 is 0 Å². The summed E-state index contributed by atoms with van der Waals surface area (Å²) in [5, 5.41) is 15.5. The second-order valence-electron chi connectivity index (χ2n) is 10.7. The molecule has 1 rings (SSSR count). The van der Waals surface area contributed by atoms with Gasteiger partial charge in [0.05, 0.1) is 6.61 Å². The molecule has 8 heteroatoms. The Labute approximate surface area is 222 Å². The molecular formula is C29H45N3O5. The molecule has 0 aliphatic heterocycles. The van der Waals surface area contributed by atoms with Gasteiger partial charge in [-0.25, -0.2) is 4.79 Å². The second-order valence-corrected chi connectivity index (χ2v) is 10.7. The first-order valence-electron chi connectivity index (χ1n) is 13.1. The van der Waals surface area contributed by atoms with Crippen molar-refractivity contribution in [1.29, 1.82) is 0 Å². The third-order valence-corrected chi connectivity index (χ3v) is 5.83. The fourth-order valence-electron chi connectivity index (χ4n) is 3.90. The average molecular weight is 516 g/mol. The summed E-state index contributed by atoms with van der Waals surface area (Å²) in [4.78, 5) is 41.5. The summed E-state index contributed by atoms with van der Waals surface area (Å²) >= 11 is 0. The number of alkyl carbamates (subject to hydrolysis) is 1. The number of terminal acetylenes is 1. The first kappa shape index (κ1) is 32.0. The molecule has 3 unspecified atom stereocenters. The number of hydrogen-bond donors (Lipinski definition) is 3. The minimum Gasteiger partial charge on any atom is -0.444 e. The molecule has 0 saturated carbocycles. The number of nitrogens with zero attached hydrogens (tertiary/aromatic N) is 1. The fourth-order valence-corrected chi connectivity index (χ4v) is 3.90. The van der Waals surface area contributed by atoms with Crippen molar-refractivity contribution in [3.05, 3.63) is 35.4 Å². The molecule has 0 fully saturated rings. The zero-order chi connectivity index (χ0) is 28.2. The molecule has 206 valence electrons. The van der Waals surface area contributed by atoms with E-state index in [0.29, 0.717) is 30.0 Å². The lowest BCUT2D eigenvalue weighted by atomic mass is 9.94. The maximum Gasteiger partial charge on any atom is 0.408 e. The summed E-state index contributed by atoms with van der Waals surface area (Å²) in [5.41, 5.74) is 0.218. The molecule has 0 radical (unpaired) electrons. The largest absolute Gasteiger partial charge is 0.444 e. The van der Waals surface area contributed by atoms with Gasteiger partial charge in [0.1, 0.15) is 17.7 Å². The van der Waals surface area contributed by atoms with Gasteiger partial charge >= 0.3 is 6.09 Å². The number of hydrogen-bond acceptors (Lipinski definition) is 5. The van der Waals surface area contributed by atoms with Crippen LogP contribution in [0.25, 0.3) is 0 Å². The minimum atomic E-state index is -1.31. The van der Waals surface area contributed by atoms with Crippen molar-refractivity contribution in [3.8, 4) is 12.3 Å². The van der Waals surface area contributed by atoms with Gasteiger partial charge in [-0.1, -0.05) is 51.3 Å². The second kappa shape index (κ2) is 15.3. The number of amides is 3. The maximum absolute atomic E-state index is 14.0. The van der Waals surface area contributed by atoms with Crippen molar-refractivity contribution >= 4 is 17.9 Å². The van der Waals surface area contributed by atoms with E-state index < -0.39 is 42.3 Å². The zero-order valence-electron chi connectivity index (χ0n) is 23.5. The smallest absolute Gasteiger partial charge is 0.408 e. The van der Waals surface area contributed by atoms with Crippen LogP contribution in [0.5, 0.6) is 0 Å². The number of aliphatic hydroxyl groups is 1. The van der Waals surface area contributed by atoms with E-state index >= 15 is 0 Å².